The van der Waals surface area contributed by atoms with Crippen molar-refractivity contribution in [3.8, 4) is 16.9 Å². The van der Waals surface area contributed by atoms with Gasteiger partial charge in [0.15, 0.2) is 0 Å². The van der Waals surface area contributed by atoms with Gasteiger partial charge >= 0.3 is 30.2 Å². The molecule has 0 fully saturated rings. The number of aliphatic carboxylic acids is 1. The number of carbonyl (C=O) groups excluding carboxylic acids is 5. The van der Waals surface area contributed by atoms with Crippen LogP contribution in [0.5, 0.6) is 5.75 Å². The van der Waals surface area contributed by atoms with E-state index in [1.54, 1.807) is 106 Å². The number of ether oxygens (including phenoxy) is 5. The van der Waals surface area contributed by atoms with Crippen molar-refractivity contribution in [3.05, 3.63) is 160 Å². The molecule has 0 spiro atoms. The monoisotopic (exact) mass is 994 g/mol. The van der Waals surface area contributed by atoms with E-state index in [4.69, 9.17) is 35.3 Å². The lowest BCUT2D eigenvalue weighted by Crippen LogP contribution is -2.55. The first-order chi connectivity index (χ1) is 33.9. The molecule has 4 amide bonds. The molecule has 17 nitrogen and oxygen atoms in total. The van der Waals surface area contributed by atoms with Crippen molar-refractivity contribution in [3.63, 3.8) is 0 Å². The Hall–Kier alpha value is -7.63. The first kappa shape index (κ1) is 54.3. The third-order valence-electron chi connectivity index (χ3n) is 10.8. The van der Waals surface area contributed by atoms with E-state index in [0.717, 1.165) is 28.7 Å². The van der Waals surface area contributed by atoms with Crippen molar-refractivity contribution in [2.45, 2.75) is 89.7 Å². The van der Waals surface area contributed by atoms with E-state index in [9.17, 15) is 39.0 Å². The van der Waals surface area contributed by atoms with E-state index in [0.29, 0.717) is 28.0 Å². The number of nitrogens with one attached hydrogen (secondary N) is 3. The number of nitrogens with zero attached hydrogens (tertiary/aromatic N) is 1. The minimum atomic E-state index is -1.46. The van der Waals surface area contributed by atoms with E-state index in [1.165, 1.54) is 7.05 Å². The van der Waals surface area contributed by atoms with Gasteiger partial charge in [0.25, 0.3) is 0 Å². The maximum Gasteiger partial charge on any atom is 0.408 e. The van der Waals surface area contributed by atoms with Crippen LogP contribution in [0, 0.1) is 0 Å². The Morgan fingerprint density at radius 2 is 1.18 bits per heavy atom. The summed E-state index contributed by atoms with van der Waals surface area (Å²) in [5.41, 5.74) is 3.40. The minimum Gasteiger partial charge on any atom is -0.489 e. The molecule has 5 aromatic carbocycles. The van der Waals surface area contributed by atoms with Crippen molar-refractivity contribution in [2.24, 2.45) is 0 Å². The molecule has 5 N–H and O–H groups in total. The molecular formula is C53H59ClN4O13. The lowest BCUT2D eigenvalue weighted by Gasteiger charge is -2.31. The second-order valence-electron chi connectivity index (χ2n) is 17.4. The molecule has 0 aliphatic heterocycles. The summed E-state index contributed by atoms with van der Waals surface area (Å²) in [6.07, 6.45) is -4.89. The number of rotatable bonds is 22. The molecule has 0 aromatic heterocycles. The highest BCUT2D eigenvalue weighted by molar-refractivity contribution is 6.31. The number of alkyl carbamates (subject to hydrolysis) is 3. The van der Waals surface area contributed by atoms with Crippen LogP contribution in [-0.4, -0.2) is 102 Å². The van der Waals surface area contributed by atoms with Crippen molar-refractivity contribution in [1.29, 1.82) is 0 Å². The summed E-state index contributed by atoms with van der Waals surface area (Å²) in [5, 5.41) is 28.9. The van der Waals surface area contributed by atoms with Crippen molar-refractivity contribution in [2.75, 3.05) is 20.7 Å². The van der Waals surface area contributed by atoms with Crippen LogP contribution in [-0.2, 0) is 66.0 Å². The maximum atomic E-state index is 14.3. The number of halogens is 1. The Kier molecular flexibility index (Phi) is 20.2. The predicted octanol–water partition coefficient (Wildman–Crippen LogP) is 7.62. The average molecular weight is 996 g/mol. The Labute approximate surface area is 417 Å². The molecule has 1 unspecified atom stereocenters. The van der Waals surface area contributed by atoms with Crippen LogP contribution in [0.1, 0.15) is 55.0 Å². The highest BCUT2D eigenvalue weighted by Crippen LogP contribution is 2.32. The van der Waals surface area contributed by atoms with Gasteiger partial charge in [-0.3, -0.25) is 4.79 Å². The molecule has 0 radical (unpaired) electrons. The second kappa shape index (κ2) is 26.4. The Bertz CT molecular complexity index is 2580. The Morgan fingerprint density at radius 1 is 0.662 bits per heavy atom. The zero-order valence-corrected chi connectivity index (χ0v) is 40.8. The summed E-state index contributed by atoms with van der Waals surface area (Å²) in [7, 11) is 2.49. The van der Waals surface area contributed by atoms with Crippen LogP contribution >= 0.6 is 11.6 Å². The number of hydrogen-bond donors (Lipinski definition) is 5. The summed E-state index contributed by atoms with van der Waals surface area (Å²) in [6.45, 7) is 4.62. The van der Waals surface area contributed by atoms with Gasteiger partial charge in [-0.2, -0.15) is 0 Å². The molecular weight excluding hydrogens is 936 g/mol. The summed E-state index contributed by atoms with van der Waals surface area (Å²) in [6, 6.07) is 33.3. The van der Waals surface area contributed by atoms with E-state index in [1.807, 2.05) is 42.5 Å². The Morgan fingerprint density at radius 3 is 1.73 bits per heavy atom. The molecule has 0 aliphatic rings. The molecule has 0 heterocycles. The third-order valence-corrected chi connectivity index (χ3v) is 11.2. The van der Waals surface area contributed by atoms with Crippen LogP contribution in [0.2, 0.25) is 5.02 Å². The first-order valence-corrected chi connectivity index (χ1v) is 23.0. The molecule has 0 aliphatic carbocycles. The predicted molar refractivity (Wildman–Crippen MR) is 263 cm³/mol. The lowest BCUT2D eigenvalue weighted by atomic mass is 9.95. The smallest absolute Gasteiger partial charge is 0.408 e. The topological polar surface area (TPSA) is 228 Å². The SMILES string of the molecule is COC(=O)[C@H](Cc1cc(-c2ccc(OCc3ccccc3)c(CC(NC(=O)OCc3ccccc3)C(=O)O)c2)ccc1Cl)N(C)C(=O)[C@H](C[C@@H](O)CNC(=O)OCc1ccccc1)NC(=O)OC(C)(C)C. The van der Waals surface area contributed by atoms with Crippen molar-refractivity contribution < 1.29 is 62.7 Å². The van der Waals surface area contributed by atoms with Gasteiger partial charge in [-0.25, -0.2) is 24.0 Å². The maximum absolute atomic E-state index is 14.3. The number of methoxy groups -OCH3 is 1. The normalized spacial score (nSPS) is 12.7. The molecule has 0 saturated carbocycles. The zero-order valence-electron chi connectivity index (χ0n) is 40.1. The van der Waals surface area contributed by atoms with E-state index in [-0.39, 0.29) is 44.2 Å². The Balaban J connectivity index is 1.37. The highest BCUT2D eigenvalue weighted by atomic mass is 35.5. The molecule has 4 atom stereocenters. The van der Waals surface area contributed by atoms with Crippen LogP contribution in [0.3, 0.4) is 0 Å². The number of aliphatic hydroxyl groups excluding tert-OH is 1. The van der Waals surface area contributed by atoms with Gasteiger partial charge in [0.05, 0.1) is 13.2 Å². The molecule has 5 aromatic rings. The van der Waals surface area contributed by atoms with Crippen LogP contribution < -0.4 is 20.7 Å². The third kappa shape index (κ3) is 17.7. The number of amides is 4. The summed E-state index contributed by atoms with van der Waals surface area (Å²) in [5.74, 6) is -2.57. The largest absolute Gasteiger partial charge is 0.489 e. The van der Waals surface area contributed by atoms with Gasteiger partial charge in [0.1, 0.15) is 49.3 Å². The second-order valence-corrected chi connectivity index (χ2v) is 17.8. The molecule has 5 rings (SSSR count). The van der Waals surface area contributed by atoms with E-state index >= 15 is 0 Å². The number of carboxylic acids is 1. The van der Waals surface area contributed by atoms with Gasteiger partial charge in [-0.1, -0.05) is 115 Å². The molecule has 376 valence electrons. The van der Waals surface area contributed by atoms with Gasteiger partial charge < -0.3 is 54.7 Å². The molecule has 0 saturated heterocycles. The zero-order chi connectivity index (χ0) is 51.5. The molecule has 0 bridgehead atoms. The number of hydrogen-bond acceptors (Lipinski definition) is 12. The number of likely N-dealkylation sites (N-methyl/N-ethyl adjacent to an activating group) is 1. The fraction of sp³-hybridized carbons (Fsp3) is 0.321. The van der Waals surface area contributed by atoms with Crippen LogP contribution in [0.25, 0.3) is 11.1 Å². The fourth-order valence-electron chi connectivity index (χ4n) is 7.16. The number of carbonyl (C=O) groups is 6. The molecule has 18 heteroatoms. The van der Waals surface area contributed by atoms with Crippen LogP contribution in [0.15, 0.2) is 127 Å². The molecule has 71 heavy (non-hydrogen) atoms. The first-order valence-electron chi connectivity index (χ1n) is 22.6. The van der Waals surface area contributed by atoms with E-state index < -0.39 is 72.4 Å². The standard InChI is InChI=1S/C53H59ClN4O13/c1-53(2,3)71-52(66)56-43(29-41(59)30-55-50(64)69-32-35-17-11-7-12-18-35)47(60)58(4)45(49(63)67-5)28-39-25-37(21-23-42(39)54)38-22-24-46(68-31-34-15-9-6-10-16-34)40(26-38)27-44(48(61)62)57-51(65)70-33-36-19-13-8-14-20-36/h6-26,41,43-45,59H,27-33H2,1-5H3,(H,55,64)(H,56,66)(H,57,65)(H,61,62)/t41-,43+,44?,45+/m1/s1. The lowest BCUT2D eigenvalue weighted by molar-refractivity contribution is -0.152. The number of carboxylic acid groups (broad SMARTS) is 1. The van der Waals surface area contributed by atoms with Gasteiger partial charge in [-0.05, 0) is 84.0 Å². The number of benzene rings is 5. The highest BCUT2D eigenvalue weighted by Gasteiger charge is 2.35. The van der Waals surface area contributed by atoms with Crippen LogP contribution in [0.4, 0.5) is 14.4 Å². The van der Waals surface area contributed by atoms with Gasteiger partial charge in [0, 0.05) is 37.9 Å². The quantitative estimate of drug-likeness (QED) is 0.0333. The number of esters is 1. The van der Waals surface area contributed by atoms with E-state index in [2.05, 4.69) is 16.0 Å². The fourth-order valence-corrected chi connectivity index (χ4v) is 7.35. The summed E-state index contributed by atoms with van der Waals surface area (Å²) >= 11 is 6.77. The number of aliphatic hydroxyl groups is 1. The minimum absolute atomic E-state index is 0.0192. The van der Waals surface area contributed by atoms with Gasteiger partial charge in [0.2, 0.25) is 5.91 Å². The summed E-state index contributed by atoms with van der Waals surface area (Å²) < 4.78 is 27.3. The van der Waals surface area contributed by atoms with Gasteiger partial charge in [-0.15, -0.1) is 0 Å². The van der Waals surface area contributed by atoms with Crippen molar-refractivity contribution >= 4 is 47.7 Å². The average Bonchev–Trinajstić information content (AvgIpc) is 3.35. The summed E-state index contributed by atoms with van der Waals surface area (Å²) in [4.78, 5) is 79.9. The van der Waals surface area contributed by atoms with Crippen molar-refractivity contribution in [1.82, 2.24) is 20.9 Å².